The van der Waals surface area contributed by atoms with Crippen molar-refractivity contribution in [3.8, 4) is 5.75 Å². The fourth-order valence-corrected chi connectivity index (χ4v) is 2.80. The van der Waals surface area contributed by atoms with Crippen molar-refractivity contribution in [1.29, 1.82) is 0 Å². The zero-order valence-electron chi connectivity index (χ0n) is 11.5. The highest BCUT2D eigenvalue weighted by atomic mass is 31.1. The van der Waals surface area contributed by atoms with E-state index in [4.69, 9.17) is 10.2 Å². The van der Waals surface area contributed by atoms with Gasteiger partial charge in [-0.15, -0.1) is 0 Å². The summed E-state index contributed by atoms with van der Waals surface area (Å²) >= 11 is 0. The molecule has 0 aliphatic rings. The lowest BCUT2D eigenvalue weighted by Gasteiger charge is -2.15. The molecule has 22 heavy (non-hydrogen) atoms. The molecule has 0 spiro atoms. The largest absolute Gasteiger partial charge is 0.511 e. The molecule has 1 aromatic rings. The molecule has 0 amide bonds. The normalized spacial score (nSPS) is 14.0. The molecule has 1 aromatic carbocycles. The van der Waals surface area contributed by atoms with Crippen LogP contribution in [0.5, 0.6) is 5.75 Å². The van der Waals surface area contributed by atoms with Crippen molar-refractivity contribution < 1.29 is 34.4 Å². The van der Waals surface area contributed by atoms with Crippen LogP contribution in [0.4, 0.5) is 5.69 Å². The quantitative estimate of drug-likeness (QED) is 0.338. The minimum atomic E-state index is -2.84. The SMILES string of the molecule is O=C(O)CCC(C(=O)O)C(CNc1ccccc1O)[P+](=O)O. The van der Waals surface area contributed by atoms with Crippen LogP contribution >= 0.6 is 8.03 Å². The third-order valence-electron chi connectivity index (χ3n) is 3.14. The van der Waals surface area contributed by atoms with E-state index in [0.29, 0.717) is 5.69 Å². The molecule has 0 aromatic heterocycles. The maximum absolute atomic E-state index is 11.4. The van der Waals surface area contributed by atoms with Crippen LogP contribution in [0.15, 0.2) is 24.3 Å². The summed E-state index contributed by atoms with van der Waals surface area (Å²) in [5.74, 6) is -3.86. The molecule has 8 nitrogen and oxygen atoms in total. The van der Waals surface area contributed by atoms with Gasteiger partial charge in [0.2, 0.25) is 5.66 Å². The lowest BCUT2D eigenvalue weighted by Crippen LogP contribution is -2.32. The molecule has 3 atom stereocenters. The Kier molecular flexibility index (Phi) is 6.75. The number of phenolic OH excluding ortho intramolecular Hbond substituents is 1. The van der Waals surface area contributed by atoms with Gasteiger partial charge in [-0.05, 0) is 23.1 Å². The highest BCUT2D eigenvalue weighted by Gasteiger charge is 2.42. The molecule has 3 unspecified atom stereocenters. The van der Waals surface area contributed by atoms with Crippen LogP contribution in [0.1, 0.15) is 12.8 Å². The fourth-order valence-electron chi connectivity index (χ4n) is 1.97. The van der Waals surface area contributed by atoms with E-state index < -0.39 is 38.0 Å². The second-order valence-corrected chi connectivity index (χ2v) is 5.91. The third kappa shape index (κ3) is 5.31. The predicted molar refractivity (Wildman–Crippen MR) is 78.2 cm³/mol. The number of carboxylic acid groups (broad SMARTS) is 2. The minimum absolute atomic E-state index is 0.0770. The standard InChI is InChI=1S/C13H16NO7P/c15-10-4-2-1-3-9(10)14-7-11(22(20)21)8(13(18)19)5-6-12(16)17/h1-4,8,11,14H,5-7H2,(H3-,15,16,17,18,19,20,21)/p+1. The van der Waals surface area contributed by atoms with Gasteiger partial charge >= 0.3 is 20.0 Å². The minimum Gasteiger partial charge on any atom is -0.506 e. The number of hydrogen-bond donors (Lipinski definition) is 5. The van der Waals surface area contributed by atoms with Gasteiger partial charge in [0, 0.05) is 6.42 Å². The van der Waals surface area contributed by atoms with Gasteiger partial charge in [0.1, 0.15) is 11.7 Å². The number of carboxylic acids is 2. The number of benzene rings is 1. The van der Waals surface area contributed by atoms with Crippen molar-refractivity contribution >= 4 is 25.7 Å². The summed E-state index contributed by atoms with van der Waals surface area (Å²) in [6.45, 7) is -0.181. The first-order chi connectivity index (χ1) is 10.3. The van der Waals surface area contributed by atoms with Crippen molar-refractivity contribution in [3.63, 3.8) is 0 Å². The Morgan fingerprint density at radius 3 is 2.36 bits per heavy atom. The van der Waals surface area contributed by atoms with E-state index in [1.165, 1.54) is 12.1 Å². The average Bonchev–Trinajstić information content (AvgIpc) is 2.42. The Bertz CT molecular complexity index is 563. The summed E-state index contributed by atoms with van der Waals surface area (Å²) in [6, 6.07) is 6.17. The van der Waals surface area contributed by atoms with Crippen molar-refractivity contribution in [2.75, 3.05) is 11.9 Å². The van der Waals surface area contributed by atoms with Crippen molar-refractivity contribution in [1.82, 2.24) is 0 Å². The Hall–Kier alpha value is -2.18. The zero-order chi connectivity index (χ0) is 16.7. The molecule has 1 rings (SSSR count). The summed E-state index contributed by atoms with van der Waals surface area (Å²) in [6.07, 6.45) is -0.660. The predicted octanol–water partition coefficient (Wildman–Crippen LogP) is 1.47. The van der Waals surface area contributed by atoms with Gasteiger partial charge < -0.3 is 20.6 Å². The molecule has 120 valence electrons. The van der Waals surface area contributed by atoms with E-state index in [9.17, 15) is 24.2 Å². The zero-order valence-corrected chi connectivity index (χ0v) is 12.4. The summed E-state index contributed by atoms with van der Waals surface area (Å²) in [4.78, 5) is 31.1. The molecule has 0 fully saturated rings. The van der Waals surface area contributed by atoms with Crippen LogP contribution in [-0.2, 0) is 14.2 Å². The number of anilines is 1. The van der Waals surface area contributed by atoms with Gasteiger partial charge in [-0.2, -0.15) is 4.89 Å². The van der Waals surface area contributed by atoms with E-state index in [2.05, 4.69) is 5.32 Å². The van der Waals surface area contributed by atoms with E-state index in [1.54, 1.807) is 12.1 Å². The molecule has 0 aliphatic carbocycles. The molecule has 0 saturated carbocycles. The second-order valence-electron chi connectivity index (χ2n) is 4.65. The average molecular weight is 330 g/mol. The Morgan fingerprint density at radius 1 is 1.23 bits per heavy atom. The van der Waals surface area contributed by atoms with Crippen LogP contribution in [0, 0.1) is 5.92 Å². The number of phenols is 1. The van der Waals surface area contributed by atoms with E-state index >= 15 is 0 Å². The summed E-state index contributed by atoms with van der Waals surface area (Å²) in [5.41, 5.74) is -0.877. The first-order valence-electron chi connectivity index (χ1n) is 6.44. The van der Waals surface area contributed by atoms with Crippen molar-refractivity contribution in [2.24, 2.45) is 5.92 Å². The molecule has 5 N–H and O–H groups in total. The molecule has 9 heteroatoms. The number of nitrogens with one attached hydrogen (secondary N) is 1. The molecule has 0 saturated heterocycles. The number of carbonyl (C=O) groups is 2. The molecule has 0 bridgehead atoms. The molecule has 0 aliphatic heterocycles. The van der Waals surface area contributed by atoms with Gasteiger partial charge in [0.15, 0.2) is 0 Å². The first-order valence-corrected chi connectivity index (χ1v) is 7.72. The van der Waals surface area contributed by atoms with E-state index in [-0.39, 0.29) is 18.7 Å². The Balaban J connectivity index is 2.82. The van der Waals surface area contributed by atoms with Crippen LogP contribution in [0.3, 0.4) is 0 Å². The second kappa shape index (κ2) is 8.31. The number of aromatic hydroxyl groups is 1. The van der Waals surface area contributed by atoms with Gasteiger partial charge in [-0.3, -0.25) is 9.59 Å². The van der Waals surface area contributed by atoms with Crippen LogP contribution in [0.25, 0.3) is 0 Å². The van der Waals surface area contributed by atoms with Gasteiger partial charge in [-0.25, -0.2) is 0 Å². The fraction of sp³-hybridized carbons (Fsp3) is 0.385. The maximum Gasteiger partial charge on any atom is 0.511 e. The monoisotopic (exact) mass is 330 g/mol. The Labute approximate surface area is 127 Å². The highest BCUT2D eigenvalue weighted by Crippen LogP contribution is 2.33. The molecule has 0 radical (unpaired) electrons. The summed E-state index contributed by atoms with van der Waals surface area (Å²) in [7, 11) is -2.84. The number of rotatable bonds is 9. The summed E-state index contributed by atoms with van der Waals surface area (Å²) in [5, 5.41) is 30.1. The molecule has 0 heterocycles. The van der Waals surface area contributed by atoms with E-state index in [1.807, 2.05) is 0 Å². The van der Waals surface area contributed by atoms with Gasteiger partial charge in [-0.1, -0.05) is 12.1 Å². The summed E-state index contributed by atoms with van der Waals surface area (Å²) < 4.78 is 11.4. The third-order valence-corrected chi connectivity index (χ3v) is 4.25. The van der Waals surface area contributed by atoms with E-state index in [0.717, 1.165) is 0 Å². The van der Waals surface area contributed by atoms with Gasteiger partial charge in [0.05, 0.1) is 12.2 Å². The number of aliphatic carboxylic acids is 2. The number of hydrogen-bond acceptors (Lipinski definition) is 5. The van der Waals surface area contributed by atoms with Crippen LogP contribution < -0.4 is 5.32 Å². The topological polar surface area (TPSA) is 144 Å². The number of para-hydroxylation sites is 2. The Morgan fingerprint density at radius 2 is 1.86 bits per heavy atom. The lowest BCUT2D eigenvalue weighted by molar-refractivity contribution is -0.142. The van der Waals surface area contributed by atoms with Crippen molar-refractivity contribution in [2.45, 2.75) is 18.5 Å². The molecular weight excluding hydrogens is 313 g/mol. The first kappa shape index (κ1) is 17.9. The molecular formula is C13H17NO7P+. The lowest BCUT2D eigenvalue weighted by atomic mass is 9.99. The highest BCUT2D eigenvalue weighted by molar-refractivity contribution is 7.39. The van der Waals surface area contributed by atoms with Gasteiger partial charge in [0.25, 0.3) is 0 Å². The van der Waals surface area contributed by atoms with Crippen LogP contribution in [0.2, 0.25) is 0 Å². The van der Waals surface area contributed by atoms with Crippen LogP contribution in [-0.4, -0.2) is 44.4 Å². The van der Waals surface area contributed by atoms with Crippen molar-refractivity contribution in [3.05, 3.63) is 24.3 Å². The maximum atomic E-state index is 11.4. The smallest absolute Gasteiger partial charge is 0.506 e.